The number of nitrogens with zero attached hydrogens (tertiary/aromatic N) is 1. The Morgan fingerprint density at radius 2 is 2.13 bits per heavy atom. The highest BCUT2D eigenvalue weighted by atomic mass is 35.5. The number of amides is 1. The van der Waals surface area contributed by atoms with Crippen molar-refractivity contribution in [3.05, 3.63) is 0 Å². The minimum Gasteiger partial charge on any atom is -0.341 e. The van der Waals surface area contributed by atoms with Gasteiger partial charge in [0.05, 0.1) is 5.38 Å². The molecule has 1 saturated heterocycles. The third kappa shape index (κ3) is 2.66. The van der Waals surface area contributed by atoms with Gasteiger partial charge in [-0.3, -0.25) is 4.79 Å². The van der Waals surface area contributed by atoms with Crippen molar-refractivity contribution in [2.24, 2.45) is 11.8 Å². The summed E-state index contributed by atoms with van der Waals surface area (Å²) in [5.41, 5.74) is 0. The van der Waals surface area contributed by atoms with E-state index in [4.69, 9.17) is 11.6 Å². The van der Waals surface area contributed by atoms with E-state index in [1.165, 1.54) is 19.3 Å². The van der Waals surface area contributed by atoms with E-state index < -0.39 is 0 Å². The van der Waals surface area contributed by atoms with Crippen LogP contribution in [-0.2, 0) is 4.79 Å². The lowest BCUT2D eigenvalue weighted by atomic mass is 9.82. The summed E-state index contributed by atoms with van der Waals surface area (Å²) in [6.07, 6.45) is 5.64. The van der Waals surface area contributed by atoms with Crippen molar-refractivity contribution < 1.29 is 4.79 Å². The van der Waals surface area contributed by atoms with Gasteiger partial charge >= 0.3 is 0 Å². The van der Waals surface area contributed by atoms with Crippen LogP contribution in [0, 0.1) is 11.8 Å². The number of carbonyl (C=O) groups excluding carboxylic acids is 1. The molecule has 2 nitrogen and oxygen atoms in total. The van der Waals surface area contributed by atoms with Gasteiger partial charge in [0.1, 0.15) is 0 Å². The van der Waals surface area contributed by atoms with Crippen molar-refractivity contribution in [3.8, 4) is 0 Å². The van der Waals surface area contributed by atoms with Crippen LogP contribution >= 0.6 is 11.6 Å². The van der Waals surface area contributed by atoms with Gasteiger partial charge in [0, 0.05) is 19.5 Å². The number of hydrogen-bond acceptors (Lipinski definition) is 1. The smallest absolute Gasteiger partial charge is 0.222 e. The van der Waals surface area contributed by atoms with Gasteiger partial charge in [0.2, 0.25) is 5.91 Å². The first-order valence-corrected chi connectivity index (χ1v) is 6.52. The van der Waals surface area contributed by atoms with Crippen LogP contribution < -0.4 is 0 Å². The van der Waals surface area contributed by atoms with E-state index in [9.17, 15) is 4.79 Å². The summed E-state index contributed by atoms with van der Waals surface area (Å²) in [5, 5.41) is 0.157. The summed E-state index contributed by atoms with van der Waals surface area (Å²) < 4.78 is 0. The molecule has 1 amide bonds. The second-order valence-electron chi connectivity index (χ2n) is 5.12. The van der Waals surface area contributed by atoms with E-state index in [0.29, 0.717) is 17.7 Å². The minimum atomic E-state index is 0.157. The summed E-state index contributed by atoms with van der Waals surface area (Å²) in [6.45, 7) is 3.84. The van der Waals surface area contributed by atoms with Crippen LogP contribution in [0.25, 0.3) is 0 Å². The Kier molecular flexibility index (Phi) is 3.55. The fourth-order valence-electron chi connectivity index (χ4n) is 2.32. The fourth-order valence-corrected chi connectivity index (χ4v) is 2.61. The van der Waals surface area contributed by atoms with Crippen molar-refractivity contribution >= 4 is 17.5 Å². The molecule has 0 N–H and O–H groups in total. The Bertz CT molecular complexity index is 240. The van der Waals surface area contributed by atoms with E-state index >= 15 is 0 Å². The lowest BCUT2D eigenvalue weighted by Gasteiger charge is -2.35. The number of piperidine rings is 1. The Morgan fingerprint density at radius 1 is 1.40 bits per heavy atom. The van der Waals surface area contributed by atoms with E-state index in [0.717, 1.165) is 25.9 Å². The molecule has 86 valence electrons. The number of alkyl halides is 1. The molecule has 0 aromatic carbocycles. The maximum absolute atomic E-state index is 11.9. The maximum Gasteiger partial charge on any atom is 0.222 e. The van der Waals surface area contributed by atoms with Crippen LogP contribution in [0.3, 0.4) is 0 Å². The van der Waals surface area contributed by atoms with Crippen LogP contribution in [0.2, 0.25) is 0 Å². The molecule has 1 aliphatic carbocycles. The van der Waals surface area contributed by atoms with Gasteiger partial charge in [0.25, 0.3) is 0 Å². The predicted octanol–water partition coefficient (Wildman–Crippen LogP) is 2.65. The molecule has 0 aromatic rings. The van der Waals surface area contributed by atoms with Crippen LogP contribution in [0.5, 0.6) is 0 Å². The number of hydrogen-bond donors (Lipinski definition) is 0. The highest BCUT2D eigenvalue weighted by Gasteiger charge is 2.29. The summed E-state index contributed by atoms with van der Waals surface area (Å²) in [5.74, 6) is 1.56. The molecule has 1 saturated carbocycles. The number of halogens is 1. The Balaban J connectivity index is 1.79. The topological polar surface area (TPSA) is 20.3 Å². The highest BCUT2D eigenvalue weighted by molar-refractivity contribution is 6.21. The largest absolute Gasteiger partial charge is 0.341 e. The van der Waals surface area contributed by atoms with Gasteiger partial charge in [-0.2, -0.15) is 0 Å². The number of carbonyl (C=O) groups is 1. The molecular formula is C12H20ClNO. The summed E-state index contributed by atoms with van der Waals surface area (Å²) in [6, 6.07) is 0. The van der Waals surface area contributed by atoms with Crippen LogP contribution in [0.4, 0.5) is 0 Å². The van der Waals surface area contributed by atoms with Crippen molar-refractivity contribution in [2.45, 2.75) is 44.4 Å². The van der Waals surface area contributed by atoms with E-state index in [-0.39, 0.29) is 5.38 Å². The molecule has 2 unspecified atom stereocenters. The number of rotatable bonds is 2. The monoisotopic (exact) mass is 229 g/mol. The zero-order valence-electron chi connectivity index (χ0n) is 9.42. The zero-order chi connectivity index (χ0) is 10.8. The van der Waals surface area contributed by atoms with Gasteiger partial charge in [-0.15, -0.1) is 11.6 Å². The van der Waals surface area contributed by atoms with Gasteiger partial charge in [-0.05, 0) is 31.1 Å². The first kappa shape index (κ1) is 11.3. The van der Waals surface area contributed by atoms with Gasteiger partial charge in [0.15, 0.2) is 0 Å². The third-order valence-corrected chi connectivity index (χ3v) is 4.48. The SMILES string of the molecule is CC1CCN(C(=O)CC2CCC2)CC1Cl. The lowest BCUT2D eigenvalue weighted by molar-refractivity contribution is -0.134. The Morgan fingerprint density at radius 3 is 2.67 bits per heavy atom. The standard InChI is InChI=1S/C12H20ClNO/c1-9-5-6-14(8-11(9)13)12(15)7-10-3-2-4-10/h9-11H,2-8H2,1H3. The normalized spacial score (nSPS) is 32.5. The first-order chi connectivity index (χ1) is 7.16. The average Bonchev–Trinajstić information content (AvgIpc) is 2.15. The van der Waals surface area contributed by atoms with Gasteiger partial charge in [-0.1, -0.05) is 13.3 Å². The second kappa shape index (κ2) is 4.73. The molecule has 15 heavy (non-hydrogen) atoms. The molecular weight excluding hydrogens is 210 g/mol. The molecule has 3 heteroatoms. The molecule has 2 aliphatic rings. The molecule has 0 radical (unpaired) electrons. The van der Waals surface area contributed by atoms with Crippen LogP contribution in [-0.4, -0.2) is 29.3 Å². The molecule has 2 fully saturated rings. The zero-order valence-corrected chi connectivity index (χ0v) is 10.2. The van der Waals surface area contributed by atoms with E-state index in [1.807, 2.05) is 4.90 Å². The molecule has 0 aromatic heterocycles. The maximum atomic E-state index is 11.9. The molecule has 0 spiro atoms. The molecule has 2 atom stereocenters. The lowest BCUT2D eigenvalue weighted by Crippen LogP contribution is -2.44. The van der Waals surface area contributed by atoms with Crippen molar-refractivity contribution in [1.29, 1.82) is 0 Å². The first-order valence-electron chi connectivity index (χ1n) is 6.08. The van der Waals surface area contributed by atoms with Crippen LogP contribution in [0.1, 0.15) is 39.0 Å². The molecule has 2 rings (SSSR count). The summed E-state index contributed by atoms with van der Waals surface area (Å²) in [7, 11) is 0. The quantitative estimate of drug-likeness (QED) is 0.667. The van der Waals surface area contributed by atoms with Crippen molar-refractivity contribution in [1.82, 2.24) is 4.90 Å². The summed E-state index contributed by atoms with van der Waals surface area (Å²) in [4.78, 5) is 13.9. The highest BCUT2D eigenvalue weighted by Crippen LogP contribution is 2.31. The van der Waals surface area contributed by atoms with E-state index in [1.54, 1.807) is 0 Å². The Labute approximate surface area is 97.0 Å². The van der Waals surface area contributed by atoms with Crippen molar-refractivity contribution in [3.63, 3.8) is 0 Å². The average molecular weight is 230 g/mol. The third-order valence-electron chi connectivity index (χ3n) is 3.91. The summed E-state index contributed by atoms with van der Waals surface area (Å²) >= 11 is 6.20. The second-order valence-corrected chi connectivity index (χ2v) is 5.68. The van der Waals surface area contributed by atoms with Crippen LogP contribution in [0.15, 0.2) is 0 Å². The molecule has 1 heterocycles. The number of likely N-dealkylation sites (tertiary alicyclic amines) is 1. The molecule has 0 bridgehead atoms. The fraction of sp³-hybridized carbons (Fsp3) is 0.917. The van der Waals surface area contributed by atoms with Gasteiger partial charge < -0.3 is 4.90 Å². The predicted molar refractivity (Wildman–Crippen MR) is 62.0 cm³/mol. The van der Waals surface area contributed by atoms with Crippen molar-refractivity contribution in [2.75, 3.05) is 13.1 Å². The van der Waals surface area contributed by atoms with Gasteiger partial charge in [-0.25, -0.2) is 0 Å². The molecule has 1 aliphatic heterocycles. The Hall–Kier alpha value is -0.240. The van der Waals surface area contributed by atoms with E-state index in [2.05, 4.69) is 6.92 Å². The minimum absolute atomic E-state index is 0.157.